The molecule has 4 nitrogen and oxygen atoms in total. The summed E-state index contributed by atoms with van der Waals surface area (Å²) >= 11 is 1.60. The number of rotatable bonds is 3. The molecule has 0 saturated carbocycles. The zero-order valence-corrected chi connectivity index (χ0v) is 9.75. The predicted molar refractivity (Wildman–Crippen MR) is 59.7 cm³/mol. The molecule has 1 fully saturated rings. The molecule has 82 valence electrons. The molecule has 2 unspecified atom stereocenters. The quantitative estimate of drug-likeness (QED) is 0.835. The molecule has 2 atom stereocenters. The van der Waals surface area contributed by atoms with E-state index in [0.29, 0.717) is 0 Å². The third-order valence-corrected chi connectivity index (χ3v) is 3.81. The Bertz CT molecular complexity index is 338. The topological polar surface area (TPSA) is 45.2 Å². The van der Waals surface area contributed by atoms with Gasteiger partial charge >= 0.3 is 0 Å². The number of carbonyl (C=O) groups excluding carboxylic acids is 1. The van der Waals surface area contributed by atoms with Gasteiger partial charge in [-0.25, -0.2) is 4.98 Å². The molecule has 1 aliphatic heterocycles. The Morgan fingerprint density at radius 3 is 3.07 bits per heavy atom. The maximum absolute atomic E-state index is 11.9. The lowest BCUT2D eigenvalue weighted by molar-refractivity contribution is -0.131. The van der Waals surface area contributed by atoms with E-state index < -0.39 is 0 Å². The molecule has 1 amide bonds. The van der Waals surface area contributed by atoms with Crippen LogP contribution in [0.1, 0.15) is 24.4 Å². The lowest BCUT2D eigenvalue weighted by Gasteiger charge is -2.22. The van der Waals surface area contributed by atoms with Crippen LogP contribution in [0.3, 0.4) is 0 Å². The van der Waals surface area contributed by atoms with Gasteiger partial charge in [0.2, 0.25) is 5.91 Å². The lowest BCUT2D eigenvalue weighted by Crippen LogP contribution is -2.37. The first kappa shape index (κ1) is 10.6. The molecule has 1 saturated heterocycles. The highest BCUT2D eigenvalue weighted by Crippen LogP contribution is 2.26. The Labute approximate surface area is 93.3 Å². The van der Waals surface area contributed by atoms with Crippen LogP contribution in [0.5, 0.6) is 0 Å². The van der Waals surface area contributed by atoms with E-state index in [1.807, 2.05) is 24.3 Å². The van der Waals surface area contributed by atoms with Gasteiger partial charge in [-0.2, -0.15) is 0 Å². The van der Waals surface area contributed by atoms with Crippen LogP contribution >= 0.6 is 11.3 Å². The minimum atomic E-state index is -0.00703. The third-order valence-electron chi connectivity index (χ3n) is 2.86. The maximum Gasteiger partial charge on any atom is 0.240 e. The summed E-state index contributed by atoms with van der Waals surface area (Å²) in [6, 6.07) is 0.100. The molecule has 15 heavy (non-hydrogen) atoms. The Hall–Kier alpha value is -0.940. The van der Waals surface area contributed by atoms with Crippen LogP contribution in [0.2, 0.25) is 0 Å². The van der Waals surface area contributed by atoms with Gasteiger partial charge in [-0.1, -0.05) is 0 Å². The van der Waals surface area contributed by atoms with Crippen LogP contribution in [0.25, 0.3) is 0 Å². The summed E-state index contributed by atoms with van der Waals surface area (Å²) in [5.41, 5.74) is 0. The van der Waals surface area contributed by atoms with Crippen molar-refractivity contribution >= 4 is 17.2 Å². The number of nitrogens with one attached hydrogen (secondary N) is 1. The first-order valence-corrected chi connectivity index (χ1v) is 5.99. The number of aromatic nitrogens is 1. The van der Waals surface area contributed by atoms with E-state index >= 15 is 0 Å². The van der Waals surface area contributed by atoms with Crippen LogP contribution in [0.15, 0.2) is 11.6 Å². The zero-order valence-electron chi connectivity index (χ0n) is 8.93. The number of amides is 1. The largest absolute Gasteiger partial charge is 0.332 e. The highest BCUT2D eigenvalue weighted by molar-refractivity contribution is 7.09. The average molecular weight is 225 g/mol. The van der Waals surface area contributed by atoms with Crippen LogP contribution in [0.4, 0.5) is 0 Å². The number of likely N-dealkylation sites (tertiary alicyclic amines) is 1. The summed E-state index contributed by atoms with van der Waals surface area (Å²) in [6.45, 7) is 2.86. The zero-order chi connectivity index (χ0) is 10.8. The molecule has 0 aliphatic carbocycles. The van der Waals surface area contributed by atoms with Crippen LogP contribution in [-0.2, 0) is 4.79 Å². The van der Waals surface area contributed by atoms with Gasteiger partial charge in [0.1, 0.15) is 5.01 Å². The van der Waals surface area contributed by atoms with E-state index in [0.717, 1.165) is 18.0 Å². The van der Waals surface area contributed by atoms with Gasteiger partial charge in [-0.15, -0.1) is 11.3 Å². The summed E-state index contributed by atoms with van der Waals surface area (Å²) in [4.78, 5) is 18.1. The van der Waals surface area contributed by atoms with Gasteiger partial charge < -0.3 is 10.2 Å². The SMILES string of the molecule is CNC1CCN(C(C)c2nccs2)C1=O. The fraction of sp³-hybridized carbons (Fsp3) is 0.600. The van der Waals surface area contributed by atoms with Crippen molar-refractivity contribution in [3.8, 4) is 0 Å². The molecule has 0 bridgehead atoms. The lowest BCUT2D eigenvalue weighted by atomic mass is 10.2. The molecular formula is C10H15N3OS. The Morgan fingerprint density at radius 2 is 2.53 bits per heavy atom. The number of hydrogen-bond donors (Lipinski definition) is 1. The number of thiazole rings is 1. The smallest absolute Gasteiger partial charge is 0.240 e. The molecule has 5 heteroatoms. The van der Waals surface area contributed by atoms with E-state index in [9.17, 15) is 4.79 Å². The number of likely N-dealkylation sites (N-methyl/N-ethyl adjacent to an activating group) is 1. The summed E-state index contributed by atoms with van der Waals surface area (Å²) < 4.78 is 0. The van der Waals surface area contributed by atoms with E-state index in [2.05, 4.69) is 10.3 Å². The third kappa shape index (κ3) is 1.89. The molecule has 0 radical (unpaired) electrons. The van der Waals surface area contributed by atoms with Crippen LogP contribution in [-0.4, -0.2) is 35.4 Å². The first-order chi connectivity index (χ1) is 7.24. The van der Waals surface area contributed by atoms with Crippen molar-refractivity contribution in [2.75, 3.05) is 13.6 Å². The minimum Gasteiger partial charge on any atom is -0.332 e. The van der Waals surface area contributed by atoms with Gasteiger partial charge in [0.15, 0.2) is 0 Å². The van der Waals surface area contributed by atoms with Crippen molar-refractivity contribution in [1.82, 2.24) is 15.2 Å². The van der Waals surface area contributed by atoms with Crippen molar-refractivity contribution < 1.29 is 4.79 Å². The molecule has 2 heterocycles. The molecule has 2 rings (SSSR count). The molecule has 1 aromatic rings. The number of carbonyl (C=O) groups is 1. The van der Waals surface area contributed by atoms with Crippen molar-refractivity contribution in [2.24, 2.45) is 0 Å². The van der Waals surface area contributed by atoms with E-state index in [1.165, 1.54) is 0 Å². The molecular weight excluding hydrogens is 210 g/mol. The summed E-state index contributed by atoms with van der Waals surface area (Å²) in [7, 11) is 1.83. The summed E-state index contributed by atoms with van der Waals surface area (Å²) in [5.74, 6) is 0.195. The van der Waals surface area contributed by atoms with Gasteiger partial charge in [0.25, 0.3) is 0 Å². The van der Waals surface area contributed by atoms with Gasteiger partial charge in [0, 0.05) is 18.1 Å². The second-order valence-corrected chi connectivity index (χ2v) is 4.63. The first-order valence-electron chi connectivity index (χ1n) is 5.11. The Balaban J connectivity index is 2.09. The fourth-order valence-electron chi connectivity index (χ4n) is 1.93. The molecule has 1 N–H and O–H groups in total. The minimum absolute atomic E-state index is 0.00703. The van der Waals surface area contributed by atoms with Crippen molar-refractivity contribution in [3.63, 3.8) is 0 Å². The van der Waals surface area contributed by atoms with Gasteiger partial charge in [-0.3, -0.25) is 4.79 Å². The maximum atomic E-state index is 11.9. The molecule has 0 spiro atoms. The number of hydrogen-bond acceptors (Lipinski definition) is 4. The highest BCUT2D eigenvalue weighted by Gasteiger charge is 2.34. The number of nitrogens with zero attached hydrogens (tertiary/aromatic N) is 2. The normalized spacial score (nSPS) is 23.5. The summed E-state index contributed by atoms with van der Waals surface area (Å²) in [6.07, 6.45) is 2.68. The van der Waals surface area contributed by atoms with E-state index in [4.69, 9.17) is 0 Å². The second kappa shape index (κ2) is 4.28. The average Bonchev–Trinajstić information content (AvgIpc) is 2.85. The molecule has 0 aromatic carbocycles. The monoisotopic (exact) mass is 225 g/mol. The predicted octanol–water partition coefficient (Wildman–Crippen LogP) is 1.02. The van der Waals surface area contributed by atoms with Crippen molar-refractivity contribution in [3.05, 3.63) is 16.6 Å². The fourth-order valence-corrected chi connectivity index (χ4v) is 2.64. The Morgan fingerprint density at radius 1 is 1.73 bits per heavy atom. The summed E-state index contributed by atoms with van der Waals surface area (Å²) in [5, 5.41) is 6.00. The Kier molecular flexibility index (Phi) is 3.02. The van der Waals surface area contributed by atoms with Crippen molar-refractivity contribution in [1.29, 1.82) is 0 Å². The molecule has 1 aromatic heterocycles. The van der Waals surface area contributed by atoms with Gasteiger partial charge in [-0.05, 0) is 20.4 Å². The van der Waals surface area contributed by atoms with Gasteiger partial charge in [0.05, 0.1) is 12.1 Å². The van der Waals surface area contributed by atoms with Crippen molar-refractivity contribution in [2.45, 2.75) is 25.4 Å². The molecule has 1 aliphatic rings. The van der Waals surface area contributed by atoms with Crippen LogP contribution in [0, 0.1) is 0 Å². The van der Waals surface area contributed by atoms with E-state index in [-0.39, 0.29) is 18.0 Å². The highest BCUT2D eigenvalue weighted by atomic mass is 32.1. The van der Waals surface area contributed by atoms with E-state index in [1.54, 1.807) is 17.5 Å². The standard InChI is InChI=1S/C10H15N3OS/c1-7(9-12-4-6-15-9)13-5-3-8(11-2)10(13)14/h4,6-8,11H,3,5H2,1-2H3. The second-order valence-electron chi connectivity index (χ2n) is 3.71. The van der Waals surface area contributed by atoms with Crippen LogP contribution < -0.4 is 5.32 Å².